The average molecular weight is 297 g/mol. The molecule has 0 saturated heterocycles. The Morgan fingerprint density at radius 2 is 1.76 bits per heavy atom. The van der Waals surface area contributed by atoms with Crippen LogP contribution in [-0.4, -0.2) is 46.5 Å². The van der Waals surface area contributed by atoms with E-state index in [1.807, 2.05) is 0 Å². The molecule has 1 aromatic rings. The number of aliphatic hydroxyl groups excluding tert-OH is 1. The second-order valence-electron chi connectivity index (χ2n) is 4.64. The molecule has 7 nitrogen and oxygen atoms in total. The van der Waals surface area contributed by atoms with E-state index in [2.05, 4.69) is 0 Å². The van der Waals surface area contributed by atoms with Gasteiger partial charge in [-0.05, 0) is 30.5 Å². The summed E-state index contributed by atoms with van der Waals surface area (Å²) in [6.07, 6.45) is 0.0595. The Hall–Kier alpha value is -2.12. The Kier molecular flexibility index (Phi) is 6.64. The van der Waals surface area contributed by atoms with Gasteiger partial charge in [-0.25, -0.2) is 0 Å². The summed E-state index contributed by atoms with van der Waals surface area (Å²) >= 11 is 0. The third kappa shape index (κ3) is 5.80. The fourth-order valence-corrected chi connectivity index (χ4v) is 1.85. The quantitative estimate of drug-likeness (QED) is 0.508. The molecule has 1 rings (SSSR count). The number of hydrogen-bond acceptors (Lipinski definition) is 5. The summed E-state index contributed by atoms with van der Waals surface area (Å²) in [5, 5.41) is 26.5. The van der Waals surface area contributed by atoms with Crippen LogP contribution in [0.2, 0.25) is 0 Å². The van der Waals surface area contributed by atoms with Gasteiger partial charge in [-0.1, -0.05) is 12.1 Å². The number of benzene rings is 1. The fourth-order valence-electron chi connectivity index (χ4n) is 1.85. The van der Waals surface area contributed by atoms with E-state index in [1.54, 1.807) is 24.3 Å². The van der Waals surface area contributed by atoms with Crippen molar-refractivity contribution >= 4 is 11.9 Å². The minimum absolute atomic E-state index is 0.0874. The molecule has 116 valence electrons. The molecular weight excluding hydrogens is 278 g/mol. The van der Waals surface area contributed by atoms with Crippen LogP contribution >= 0.6 is 0 Å². The topological polar surface area (TPSA) is 130 Å². The van der Waals surface area contributed by atoms with Crippen LogP contribution in [0, 0.1) is 5.92 Å². The molecule has 0 fully saturated rings. The van der Waals surface area contributed by atoms with Crippen LogP contribution in [0.5, 0.6) is 5.75 Å². The number of aliphatic carboxylic acids is 2. The van der Waals surface area contributed by atoms with Crippen molar-refractivity contribution in [2.24, 2.45) is 11.7 Å². The summed E-state index contributed by atoms with van der Waals surface area (Å²) in [4.78, 5) is 21.9. The van der Waals surface area contributed by atoms with Gasteiger partial charge >= 0.3 is 11.9 Å². The largest absolute Gasteiger partial charge is 0.491 e. The van der Waals surface area contributed by atoms with E-state index in [1.165, 1.54) is 0 Å². The molecule has 0 radical (unpaired) electrons. The van der Waals surface area contributed by atoms with Crippen molar-refractivity contribution in [1.82, 2.24) is 0 Å². The third-order valence-corrected chi connectivity index (χ3v) is 2.97. The molecule has 5 N–H and O–H groups in total. The van der Waals surface area contributed by atoms with Crippen LogP contribution in [0.1, 0.15) is 12.0 Å². The van der Waals surface area contributed by atoms with Crippen LogP contribution in [0.25, 0.3) is 0 Å². The molecular formula is C14H19NO6. The zero-order chi connectivity index (χ0) is 15.8. The highest BCUT2D eigenvalue weighted by atomic mass is 16.5. The molecule has 0 aliphatic heterocycles. The maximum atomic E-state index is 11.2. The lowest BCUT2D eigenvalue weighted by atomic mass is 9.93. The Morgan fingerprint density at radius 1 is 1.14 bits per heavy atom. The number of aliphatic hydroxyl groups is 1. The van der Waals surface area contributed by atoms with Crippen LogP contribution in [0.3, 0.4) is 0 Å². The van der Waals surface area contributed by atoms with Crippen molar-refractivity contribution in [3.8, 4) is 5.75 Å². The van der Waals surface area contributed by atoms with Gasteiger partial charge in [0.1, 0.15) is 18.4 Å². The van der Waals surface area contributed by atoms with Crippen molar-refractivity contribution in [2.75, 3.05) is 13.2 Å². The van der Waals surface area contributed by atoms with E-state index in [9.17, 15) is 9.59 Å². The lowest BCUT2D eigenvalue weighted by molar-refractivity contribution is -0.143. The second kappa shape index (κ2) is 8.23. The number of carbonyl (C=O) groups is 2. The van der Waals surface area contributed by atoms with Gasteiger partial charge in [0, 0.05) is 0 Å². The maximum Gasteiger partial charge on any atom is 0.320 e. The first kappa shape index (κ1) is 16.9. The van der Waals surface area contributed by atoms with Crippen LogP contribution in [0.4, 0.5) is 0 Å². The summed E-state index contributed by atoms with van der Waals surface area (Å²) in [6, 6.07) is 5.55. The van der Waals surface area contributed by atoms with Gasteiger partial charge in [0.25, 0.3) is 0 Å². The minimum Gasteiger partial charge on any atom is -0.491 e. The molecule has 0 aliphatic carbocycles. The summed E-state index contributed by atoms with van der Waals surface area (Å²) in [7, 11) is 0. The molecule has 7 heteroatoms. The lowest BCUT2D eigenvalue weighted by Crippen LogP contribution is -2.35. The average Bonchev–Trinajstić information content (AvgIpc) is 2.45. The number of carboxylic acids is 2. The maximum absolute atomic E-state index is 11.2. The number of rotatable bonds is 9. The van der Waals surface area contributed by atoms with E-state index in [0.29, 0.717) is 5.75 Å². The van der Waals surface area contributed by atoms with Crippen LogP contribution in [-0.2, 0) is 16.0 Å². The van der Waals surface area contributed by atoms with Crippen molar-refractivity contribution in [3.63, 3.8) is 0 Å². The fraction of sp³-hybridized carbons (Fsp3) is 0.429. The highest BCUT2D eigenvalue weighted by Gasteiger charge is 2.24. The molecule has 0 amide bonds. The first-order chi connectivity index (χ1) is 9.93. The van der Waals surface area contributed by atoms with Crippen LogP contribution < -0.4 is 10.5 Å². The zero-order valence-electron chi connectivity index (χ0n) is 11.4. The van der Waals surface area contributed by atoms with Gasteiger partial charge in [0.2, 0.25) is 0 Å². The van der Waals surface area contributed by atoms with Gasteiger partial charge in [0.05, 0.1) is 12.5 Å². The molecule has 0 aliphatic rings. The van der Waals surface area contributed by atoms with Gasteiger partial charge in [0.15, 0.2) is 0 Å². The highest BCUT2D eigenvalue weighted by Crippen LogP contribution is 2.18. The van der Waals surface area contributed by atoms with E-state index >= 15 is 0 Å². The van der Waals surface area contributed by atoms with Gasteiger partial charge in [-0.15, -0.1) is 0 Å². The molecule has 0 aromatic heterocycles. The smallest absolute Gasteiger partial charge is 0.320 e. The number of carboxylic acid groups (broad SMARTS) is 2. The lowest BCUT2D eigenvalue weighted by Gasteiger charge is -2.15. The number of hydrogen-bond donors (Lipinski definition) is 4. The van der Waals surface area contributed by atoms with Gasteiger partial charge < -0.3 is 25.8 Å². The molecule has 0 bridgehead atoms. The predicted octanol–water partition coefficient (Wildman–Crippen LogP) is 0.103. The third-order valence-electron chi connectivity index (χ3n) is 2.97. The normalized spacial score (nSPS) is 13.4. The Morgan fingerprint density at radius 3 is 2.24 bits per heavy atom. The van der Waals surface area contributed by atoms with Gasteiger partial charge in [-0.3, -0.25) is 9.59 Å². The first-order valence-corrected chi connectivity index (χ1v) is 6.47. The van der Waals surface area contributed by atoms with Crippen molar-refractivity contribution in [2.45, 2.75) is 18.9 Å². The van der Waals surface area contributed by atoms with Crippen molar-refractivity contribution in [1.29, 1.82) is 0 Å². The monoisotopic (exact) mass is 297 g/mol. The predicted molar refractivity (Wildman–Crippen MR) is 74.1 cm³/mol. The SMILES string of the molecule is NC(CC(Cc1ccc(OCCO)cc1)C(=O)O)C(=O)O. The van der Waals surface area contributed by atoms with E-state index < -0.39 is 23.9 Å². The molecule has 0 saturated carbocycles. The minimum atomic E-state index is -1.21. The van der Waals surface area contributed by atoms with E-state index in [4.69, 9.17) is 25.8 Å². The van der Waals surface area contributed by atoms with E-state index in [-0.39, 0.29) is 26.1 Å². The Labute approximate surface area is 122 Å². The summed E-state index contributed by atoms with van der Waals surface area (Å²) in [5.74, 6) is -2.58. The van der Waals surface area contributed by atoms with Gasteiger partial charge in [-0.2, -0.15) is 0 Å². The van der Waals surface area contributed by atoms with Crippen LogP contribution in [0.15, 0.2) is 24.3 Å². The molecule has 0 spiro atoms. The molecule has 2 atom stereocenters. The molecule has 1 aromatic carbocycles. The number of ether oxygens (including phenoxy) is 1. The Bertz CT molecular complexity index is 473. The highest BCUT2D eigenvalue weighted by molar-refractivity contribution is 5.76. The first-order valence-electron chi connectivity index (χ1n) is 6.47. The summed E-state index contributed by atoms with van der Waals surface area (Å²) in [5.41, 5.74) is 6.13. The molecule has 2 unspecified atom stereocenters. The molecule has 0 heterocycles. The summed E-state index contributed by atoms with van der Waals surface area (Å²) < 4.78 is 5.19. The zero-order valence-corrected chi connectivity index (χ0v) is 11.4. The van der Waals surface area contributed by atoms with E-state index in [0.717, 1.165) is 5.56 Å². The number of nitrogens with two attached hydrogens (primary N) is 1. The Balaban J connectivity index is 2.66. The summed E-state index contributed by atoms with van der Waals surface area (Å²) in [6.45, 7) is 0.0977. The van der Waals surface area contributed by atoms with Crippen molar-refractivity contribution in [3.05, 3.63) is 29.8 Å². The molecule has 21 heavy (non-hydrogen) atoms. The standard InChI is InChI=1S/C14H19NO6/c15-12(14(19)20)8-10(13(17)18)7-9-1-3-11(4-2-9)21-6-5-16/h1-4,10,12,16H,5-8,15H2,(H,17,18)(H,19,20). The second-order valence-corrected chi connectivity index (χ2v) is 4.64. The van der Waals surface area contributed by atoms with Crippen molar-refractivity contribution < 1.29 is 29.6 Å².